The number of aromatic nitrogens is 1. The van der Waals surface area contributed by atoms with Gasteiger partial charge in [-0.25, -0.2) is 0 Å². The number of pyridine rings is 1. The van der Waals surface area contributed by atoms with Crippen LogP contribution in [-0.2, 0) is 13.2 Å². The summed E-state index contributed by atoms with van der Waals surface area (Å²) in [4.78, 5) is 6.82. The zero-order valence-electron chi connectivity index (χ0n) is 14.1. The average molecular weight is 344 g/mol. The molecule has 2 heterocycles. The maximum absolute atomic E-state index is 6.05. The maximum atomic E-state index is 6.05. The molecule has 1 fully saturated rings. The van der Waals surface area contributed by atoms with Crippen LogP contribution in [0.1, 0.15) is 17.7 Å². The van der Waals surface area contributed by atoms with Crippen LogP contribution in [0.5, 0.6) is 11.5 Å². The summed E-state index contributed by atoms with van der Waals surface area (Å²) in [7, 11) is 1.70. The third kappa shape index (κ3) is 4.89. The number of hydrogen-bond acceptors (Lipinski definition) is 5. The summed E-state index contributed by atoms with van der Waals surface area (Å²) in [6, 6.07) is 11.9. The largest absolute Gasteiger partial charge is 0.497 e. The van der Waals surface area contributed by atoms with Crippen LogP contribution in [0.25, 0.3) is 0 Å². The van der Waals surface area contributed by atoms with E-state index in [4.69, 9.17) is 9.47 Å². The van der Waals surface area contributed by atoms with Gasteiger partial charge in [0.2, 0.25) is 0 Å². The molecule has 1 aliphatic rings. The Labute approximate surface area is 148 Å². The Bertz CT molecular complexity index is 629. The van der Waals surface area contributed by atoms with E-state index in [1.54, 1.807) is 13.3 Å². The lowest BCUT2D eigenvalue weighted by Gasteiger charge is -2.21. The molecule has 0 unspecified atom stereocenters. The number of rotatable bonds is 6. The molecule has 1 aromatic carbocycles. The highest BCUT2D eigenvalue weighted by molar-refractivity contribution is 7.99. The Morgan fingerprint density at radius 3 is 2.96 bits per heavy atom. The molecule has 24 heavy (non-hydrogen) atoms. The van der Waals surface area contributed by atoms with Crippen molar-refractivity contribution in [1.82, 2.24) is 9.88 Å². The van der Waals surface area contributed by atoms with E-state index in [0.717, 1.165) is 36.8 Å². The highest BCUT2D eigenvalue weighted by atomic mass is 32.2. The van der Waals surface area contributed by atoms with Gasteiger partial charge in [-0.2, -0.15) is 11.8 Å². The molecule has 0 bridgehead atoms. The van der Waals surface area contributed by atoms with Crippen molar-refractivity contribution in [2.45, 2.75) is 19.6 Å². The first kappa shape index (κ1) is 17.1. The Kier molecular flexibility index (Phi) is 6.38. The summed E-state index contributed by atoms with van der Waals surface area (Å²) >= 11 is 2.04. The van der Waals surface area contributed by atoms with Gasteiger partial charge in [-0.3, -0.25) is 9.88 Å². The molecule has 0 amide bonds. The summed E-state index contributed by atoms with van der Waals surface area (Å²) in [5.74, 6) is 4.25. The molecule has 0 saturated carbocycles. The van der Waals surface area contributed by atoms with E-state index < -0.39 is 0 Å². The van der Waals surface area contributed by atoms with Crippen molar-refractivity contribution in [2.24, 2.45) is 0 Å². The van der Waals surface area contributed by atoms with Gasteiger partial charge in [0.25, 0.3) is 0 Å². The van der Waals surface area contributed by atoms with Crippen LogP contribution in [0, 0.1) is 0 Å². The second-order valence-electron chi connectivity index (χ2n) is 5.83. The van der Waals surface area contributed by atoms with E-state index in [1.165, 1.54) is 23.5 Å². The van der Waals surface area contributed by atoms with Gasteiger partial charge in [-0.05, 0) is 49.1 Å². The molecule has 0 spiro atoms. The van der Waals surface area contributed by atoms with Crippen LogP contribution in [-0.4, -0.2) is 41.6 Å². The summed E-state index contributed by atoms with van der Waals surface area (Å²) in [6.45, 7) is 3.65. The van der Waals surface area contributed by atoms with E-state index >= 15 is 0 Å². The molecule has 128 valence electrons. The minimum Gasteiger partial charge on any atom is -0.497 e. The summed E-state index contributed by atoms with van der Waals surface area (Å²) in [6.07, 6.45) is 3.04. The fourth-order valence-electron chi connectivity index (χ4n) is 2.78. The third-order valence-electron chi connectivity index (χ3n) is 4.08. The van der Waals surface area contributed by atoms with Crippen molar-refractivity contribution in [1.29, 1.82) is 0 Å². The van der Waals surface area contributed by atoms with Crippen LogP contribution in [0.3, 0.4) is 0 Å². The monoisotopic (exact) mass is 344 g/mol. The second kappa shape index (κ2) is 8.94. The van der Waals surface area contributed by atoms with Crippen LogP contribution >= 0.6 is 11.8 Å². The molecule has 1 aromatic heterocycles. The highest BCUT2D eigenvalue weighted by Gasteiger charge is 2.14. The molecule has 2 aromatic rings. The third-order valence-corrected chi connectivity index (χ3v) is 5.13. The predicted octanol–water partition coefficient (Wildman–Crippen LogP) is 3.61. The summed E-state index contributed by atoms with van der Waals surface area (Å²) in [5.41, 5.74) is 2.11. The number of hydrogen-bond donors (Lipinski definition) is 0. The Morgan fingerprint density at radius 1 is 1.17 bits per heavy atom. The zero-order valence-corrected chi connectivity index (χ0v) is 14.9. The number of thioether (sulfide) groups is 1. The first-order valence-electron chi connectivity index (χ1n) is 8.35. The highest BCUT2D eigenvalue weighted by Crippen LogP contribution is 2.27. The molecule has 0 atom stereocenters. The fourth-order valence-corrected chi connectivity index (χ4v) is 3.70. The van der Waals surface area contributed by atoms with Crippen LogP contribution in [0.4, 0.5) is 0 Å². The maximum Gasteiger partial charge on any atom is 0.130 e. The Balaban J connectivity index is 1.72. The van der Waals surface area contributed by atoms with Crippen molar-refractivity contribution in [3.8, 4) is 11.5 Å². The lowest BCUT2D eigenvalue weighted by molar-refractivity contribution is 0.265. The van der Waals surface area contributed by atoms with Crippen molar-refractivity contribution in [3.05, 3.63) is 53.9 Å². The van der Waals surface area contributed by atoms with Gasteiger partial charge in [0.05, 0.1) is 12.8 Å². The molecule has 4 nitrogen and oxygen atoms in total. The minimum absolute atomic E-state index is 0.482. The molecular weight excluding hydrogens is 320 g/mol. The molecular formula is C19H24N2O2S. The second-order valence-corrected chi connectivity index (χ2v) is 7.05. The SMILES string of the molecule is COc1ccc(OCc2ccccn2)c(CN2CCCSCC2)c1. The Hall–Kier alpha value is -1.72. The number of nitrogens with zero attached hydrogens (tertiary/aromatic N) is 2. The number of benzene rings is 1. The lowest BCUT2D eigenvalue weighted by atomic mass is 10.1. The van der Waals surface area contributed by atoms with Gasteiger partial charge in [0.15, 0.2) is 0 Å². The first-order chi connectivity index (χ1) is 11.8. The van der Waals surface area contributed by atoms with Crippen molar-refractivity contribution >= 4 is 11.8 Å². The molecule has 0 aliphatic carbocycles. The van der Waals surface area contributed by atoms with Crippen LogP contribution in [0.2, 0.25) is 0 Å². The van der Waals surface area contributed by atoms with E-state index in [0.29, 0.717) is 6.61 Å². The van der Waals surface area contributed by atoms with Gasteiger partial charge >= 0.3 is 0 Å². The summed E-state index contributed by atoms with van der Waals surface area (Å²) < 4.78 is 11.4. The van der Waals surface area contributed by atoms with Crippen molar-refractivity contribution in [3.63, 3.8) is 0 Å². The predicted molar refractivity (Wildman–Crippen MR) is 98.8 cm³/mol. The zero-order chi connectivity index (χ0) is 16.6. The topological polar surface area (TPSA) is 34.6 Å². The standard InChI is InChI=1S/C19H24N2O2S/c1-22-18-6-7-19(23-15-17-5-2-3-8-20-17)16(13-18)14-21-9-4-11-24-12-10-21/h2-3,5-8,13H,4,9-12,14-15H2,1H3. The van der Waals surface area contributed by atoms with E-state index in [-0.39, 0.29) is 0 Å². The number of methoxy groups -OCH3 is 1. The minimum atomic E-state index is 0.482. The lowest BCUT2D eigenvalue weighted by Crippen LogP contribution is -2.25. The average Bonchev–Trinajstić information content (AvgIpc) is 2.90. The quantitative estimate of drug-likeness (QED) is 0.800. The van der Waals surface area contributed by atoms with Crippen LogP contribution < -0.4 is 9.47 Å². The van der Waals surface area contributed by atoms with Crippen molar-refractivity contribution < 1.29 is 9.47 Å². The smallest absolute Gasteiger partial charge is 0.130 e. The Morgan fingerprint density at radius 2 is 2.12 bits per heavy atom. The van der Waals surface area contributed by atoms with Gasteiger partial charge < -0.3 is 9.47 Å². The normalized spacial score (nSPS) is 15.7. The molecule has 1 aliphatic heterocycles. The van der Waals surface area contributed by atoms with E-state index in [2.05, 4.69) is 16.0 Å². The molecule has 0 radical (unpaired) electrons. The summed E-state index contributed by atoms with van der Waals surface area (Å²) in [5, 5.41) is 0. The molecule has 3 rings (SSSR count). The van der Waals surface area contributed by atoms with Crippen LogP contribution in [0.15, 0.2) is 42.6 Å². The van der Waals surface area contributed by atoms with E-state index in [9.17, 15) is 0 Å². The van der Waals surface area contributed by atoms with Gasteiger partial charge in [-0.1, -0.05) is 6.07 Å². The fraction of sp³-hybridized carbons (Fsp3) is 0.421. The van der Waals surface area contributed by atoms with Crippen molar-refractivity contribution in [2.75, 3.05) is 31.7 Å². The van der Waals surface area contributed by atoms with Gasteiger partial charge in [-0.15, -0.1) is 0 Å². The molecule has 1 saturated heterocycles. The van der Waals surface area contributed by atoms with Gasteiger partial charge in [0, 0.05) is 30.6 Å². The first-order valence-corrected chi connectivity index (χ1v) is 9.50. The van der Waals surface area contributed by atoms with E-state index in [1.807, 2.05) is 42.1 Å². The number of ether oxygens (including phenoxy) is 2. The molecule has 0 N–H and O–H groups in total. The molecule has 5 heteroatoms. The van der Waals surface area contributed by atoms with Gasteiger partial charge in [0.1, 0.15) is 18.1 Å².